The number of likely N-dealkylation sites (tertiary alicyclic amines) is 1. The van der Waals surface area contributed by atoms with Crippen LogP contribution < -0.4 is 0 Å². The van der Waals surface area contributed by atoms with E-state index >= 15 is 0 Å². The van der Waals surface area contributed by atoms with Crippen LogP contribution in [0.2, 0.25) is 5.02 Å². The minimum Gasteiger partial charge on any atom is -0.393 e. The molecule has 3 heterocycles. The number of pyridine rings is 1. The fourth-order valence-electron chi connectivity index (χ4n) is 4.19. The SMILES string of the molecule is O=C(c1ccncc1Cl)N1CCC2(CC1)C[C@H](O)C[C@H](c1ccccc1)O2. The molecule has 0 radical (unpaired) electrons. The number of halogens is 1. The number of piperidine rings is 1. The van der Waals surface area contributed by atoms with Gasteiger partial charge in [0, 0.05) is 38.3 Å². The molecule has 5 nitrogen and oxygen atoms in total. The Bertz CT molecular complexity index is 806. The molecule has 1 aromatic heterocycles. The number of amides is 1. The third-order valence-corrected chi connectivity index (χ3v) is 5.92. The molecule has 0 saturated carbocycles. The highest BCUT2D eigenvalue weighted by Gasteiger charge is 2.44. The Hall–Kier alpha value is -1.95. The van der Waals surface area contributed by atoms with Gasteiger partial charge in [0.15, 0.2) is 0 Å². The second kappa shape index (κ2) is 7.58. The zero-order chi connectivity index (χ0) is 18.9. The number of carbonyl (C=O) groups is 1. The van der Waals surface area contributed by atoms with Gasteiger partial charge >= 0.3 is 0 Å². The van der Waals surface area contributed by atoms with Gasteiger partial charge in [0.25, 0.3) is 5.91 Å². The summed E-state index contributed by atoms with van der Waals surface area (Å²) in [4.78, 5) is 18.5. The Labute approximate surface area is 163 Å². The fraction of sp³-hybridized carbons (Fsp3) is 0.429. The van der Waals surface area contributed by atoms with E-state index < -0.39 is 0 Å². The van der Waals surface area contributed by atoms with Crippen LogP contribution in [0.5, 0.6) is 0 Å². The molecule has 2 aliphatic heterocycles. The first-order valence-corrected chi connectivity index (χ1v) is 9.74. The predicted molar refractivity (Wildman–Crippen MR) is 103 cm³/mol. The van der Waals surface area contributed by atoms with Crippen LogP contribution in [0.25, 0.3) is 0 Å². The van der Waals surface area contributed by atoms with E-state index in [4.69, 9.17) is 16.3 Å². The summed E-state index contributed by atoms with van der Waals surface area (Å²) < 4.78 is 6.49. The zero-order valence-electron chi connectivity index (χ0n) is 15.1. The second-order valence-electron chi connectivity index (χ2n) is 7.44. The number of hydrogen-bond donors (Lipinski definition) is 1. The van der Waals surface area contributed by atoms with Crippen LogP contribution in [0.1, 0.15) is 47.7 Å². The predicted octanol–water partition coefficient (Wildman–Crippen LogP) is 3.62. The minimum atomic E-state index is -0.388. The lowest BCUT2D eigenvalue weighted by molar-refractivity contribution is -0.181. The summed E-state index contributed by atoms with van der Waals surface area (Å²) in [5.74, 6) is -0.0757. The van der Waals surface area contributed by atoms with Gasteiger partial charge < -0.3 is 14.7 Å². The molecule has 2 aromatic rings. The number of rotatable bonds is 2. The van der Waals surface area contributed by atoms with Crippen LogP contribution in [0, 0.1) is 0 Å². The smallest absolute Gasteiger partial charge is 0.255 e. The van der Waals surface area contributed by atoms with Gasteiger partial charge in [0.2, 0.25) is 0 Å². The average Bonchev–Trinajstić information content (AvgIpc) is 2.68. The lowest BCUT2D eigenvalue weighted by Gasteiger charge is -2.48. The van der Waals surface area contributed by atoms with Crippen LogP contribution >= 0.6 is 11.6 Å². The van der Waals surface area contributed by atoms with Gasteiger partial charge in [-0.1, -0.05) is 41.9 Å². The van der Waals surface area contributed by atoms with Crippen molar-refractivity contribution in [3.05, 3.63) is 64.9 Å². The summed E-state index contributed by atoms with van der Waals surface area (Å²) in [6.07, 6.45) is 5.23. The Morgan fingerprint density at radius 2 is 1.96 bits per heavy atom. The summed E-state index contributed by atoms with van der Waals surface area (Å²) in [5.41, 5.74) is 1.20. The first-order chi connectivity index (χ1) is 13.1. The zero-order valence-corrected chi connectivity index (χ0v) is 15.8. The molecule has 2 saturated heterocycles. The summed E-state index contributed by atoms with van der Waals surface area (Å²) in [6.45, 7) is 1.18. The minimum absolute atomic E-state index is 0.0757. The molecular weight excluding hydrogens is 364 g/mol. The van der Waals surface area contributed by atoms with Crippen LogP contribution in [0.15, 0.2) is 48.8 Å². The molecule has 1 aromatic carbocycles. The lowest BCUT2D eigenvalue weighted by atomic mass is 9.81. The quantitative estimate of drug-likeness (QED) is 0.856. The molecule has 6 heteroatoms. The van der Waals surface area contributed by atoms with Gasteiger partial charge in [-0.3, -0.25) is 9.78 Å². The van der Waals surface area contributed by atoms with Crippen molar-refractivity contribution in [3.8, 4) is 0 Å². The van der Waals surface area contributed by atoms with Gasteiger partial charge in [-0.2, -0.15) is 0 Å². The number of aliphatic hydroxyl groups excluding tert-OH is 1. The maximum absolute atomic E-state index is 12.8. The third kappa shape index (κ3) is 3.86. The topological polar surface area (TPSA) is 62.7 Å². The number of ether oxygens (including phenoxy) is 1. The Kier molecular flexibility index (Phi) is 5.17. The van der Waals surface area contributed by atoms with E-state index in [0.717, 1.165) is 5.56 Å². The number of aliphatic hydroxyl groups is 1. The number of aromatic nitrogens is 1. The van der Waals surface area contributed by atoms with Gasteiger partial charge in [-0.05, 0) is 24.5 Å². The summed E-state index contributed by atoms with van der Waals surface area (Å²) in [5, 5.41) is 10.8. The molecule has 1 spiro atoms. The van der Waals surface area contributed by atoms with Crippen LogP contribution in [-0.4, -0.2) is 45.7 Å². The first kappa shape index (κ1) is 18.4. The maximum Gasteiger partial charge on any atom is 0.255 e. The largest absolute Gasteiger partial charge is 0.393 e. The van der Waals surface area contributed by atoms with Crippen molar-refractivity contribution in [2.45, 2.75) is 43.5 Å². The van der Waals surface area contributed by atoms with E-state index in [9.17, 15) is 9.90 Å². The molecule has 2 atom stereocenters. The fourth-order valence-corrected chi connectivity index (χ4v) is 4.39. The summed E-state index contributed by atoms with van der Waals surface area (Å²) >= 11 is 6.12. The van der Waals surface area contributed by atoms with E-state index in [1.807, 2.05) is 35.2 Å². The van der Waals surface area contributed by atoms with Crippen molar-refractivity contribution in [1.82, 2.24) is 9.88 Å². The standard InChI is InChI=1S/C21H23ClN2O3/c22-18-14-23-9-6-17(18)20(26)24-10-7-21(8-11-24)13-16(25)12-19(27-21)15-4-2-1-3-5-15/h1-6,9,14,16,19,25H,7-8,10-13H2/t16-,19-/m1/s1. The monoisotopic (exact) mass is 386 g/mol. The van der Waals surface area contributed by atoms with Crippen molar-refractivity contribution < 1.29 is 14.6 Å². The number of benzene rings is 1. The molecule has 2 aliphatic rings. The van der Waals surface area contributed by atoms with Gasteiger partial charge in [-0.25, -0.2) is 0 Å². The van der Waals surface area contributed by atoms with E-state index in [1.54, 1.807) is 12.3 Å². The number of carbonyl (C=O) groups excluding carboxylic acids is 1. The van der Waals surface area contributed by atoms with Crippen molar-refractivity contribution in [2.24, 2.45) is 0 Å². The normalized spacial score (nSPS) is 24.7. The van der Waals surface area contributed by atoms with E-state index in [0.29, 0.717) is 49.4 Å². The molecule has 0 bridgehead atoms. The van der Waals surface area contributed by atoms with Crippen molar-refractivity contribution in [2.75, 3.05) is 13.1 Å². The molecule has 0 aliphatic carbocycles. The third-order valence-electron chi connectivity index (χ3n) is 5.62. The highest BCUT2D eigenvalue weighted by molar-refractivity contribution is 6.33. The Morgan fingerprint density at radius 3 is 2.67 bits per heavy atom. The molecule has 0 unspecified atom stereocenters. The molecular formula is C21H23ClN2O3. The van der Waals surface area contributed by atoms with E-state index in [-0.39, 0.29) is 23.7 Å². The first-order valence-electron chi connectivity index (χ1n) is 9.36. The average molecular weight is 387 g/mol. The lowest BCUT2D eigenvalue weighted by Crippen LogP contribution is -2.52. The van der Waals surface area contributed by atoms with E-state index in [1.165, 1.54) is 6.20 Å². The Balaban J connectivity index is 1.46. The van der Waals surface area contributed by atoms with E-state index in [2.05, 4.69) is 4.98 Å². The van der Waals surface area contributed by atoms with Crippen LogP contribution in [-0.2, 0) is 4.74 Å². The maximum atomic E-state index is 12.8. The summed E-state index contributed by atoms with van der Waals surface area (Å²) in [7, 11) is 0. The van der Waals surface area contributed by atoms with Crippen LogP contribution in [0.4, 0.5) is 0 Å². The molecule has 27 heavy (non-hydrogen) atoms. The molecule has 1 amide bonds. The molecule has 1 N–H and O–H groups in total. The molecule has 4 rings (SSSR count). The van der Waals surface area contributed by atoms with Gasteiger partial charge in [0.05, 0.1) is 28.4 Å². The number of hydrogen-bond acceptors (Lipinski definition) is 4. The summed E-state index contributed by atoms with van der Waals surface area (Å²) in [6, 6.07) is 11.7. The van der Waals surface area contributed by atoms with Gasteiger partial charge in [-0.15, -0.1) is 0 Å². The molecule has 142 valence electrons. The van der Waals surface area contributed by atoms with Crippen molar-refractivity contribution >= 4 is 17.5 Å². The Morgan fingerprint density at radius 1 is 1.22 bits per heavy atom. The van der Waals surface area contributed by atoms with Crippen LogP contribution in [0.3, 0.4) is 0 Å². The number of nitrogens with zero attached hydrogens (tertiary/aromatic N) is 2. The molecule has 2 fully saturated rings. The highest BCUT2D eigenvalue weighted by atomic mass is 35.5. The second-order valence-corrected chi connectivity index (χ2v) is 7.85. The van der Waals surface area contributed by atoms with Crippen molar-refractivity contribution in [3.63, 3.8) is 0 Å². The van der Waals surface area contributed by atoms with Crippen molar-refractivity contribution in [1.29, 1.82) is 0 Å². The highest BCUT2D eigenvalue weighted by Crippen LogP contribution is 2.43. The van der Waals surface area contributed by atoms with Gasteiger partial charge in [0.1, 0.15) is 0 Å².